The van der Waals surface area contributed by atoms with Crippen molar-refractivity contribution in [3.05, 3.63) is 75.0 Å². The van der Waals surface area contributed by atoms with Crippen LogP contribution in [0, 0.1) is 6.92 Å². The maximum Gasteiger partial charge on any atom is 0.266 e. The molecule has 1 amide bonds. The maximum atomic E-state index is 13.2. The molecule has 0 saturated heterocycles. The highest BCUT2D eigenvalue weighted by molar-refractivity contribution is 7.99. The predicted octanol–water partition coefficient (Wildman–Crippen LogP) is 4.53. The molecule has 146 valence electrons. The van der Waals surface area contributed by atoms with Crippen molar-refractivity contribution in [2.24, 2.45) is 0 Å². The first-order chi connectivity index (χ1) is 14.0. The van der Waals surface area contributed by atoms with Gasteiger partial charge in [-0.05, 0) is 37.3 Å². The van der Waals surface area contributed by atoms with Crippen LogP contribution in [0.2, 0.25) is 5.02 Å². The Bertz CT molecular complexity index is 1270. The van der Waals surface area contributed by atoms with E-state index in [1.54, 1.807) is 42.5 Å². The molecular weight excluding hydrogens is 428 g/mol. The summed E-state index contributed by atoms with van der Waals surface area (Å²) < 4.78 is 1.49. The van der Waals surface area contributed by atoms with E-state index in [1.165, 1.54) is 27.7 Å². The monoisotopic (exact) mass is 442 g/mol. The fraction of sp³-hybridized carbons (Fsp3) is 0.100. The summed E-state index contributed by atoms with van der Waals surface area (Å²) in [4.78, 5) is 34.3. The number of amides is 1. The summed E-state index contributed by atoms with van der Waals surface area (Å²) in [6.07, 6.45) is 0. The van der Waals surface area contributed by atoms with Gasteiger partial charge in [-0.2, -0.15) is 0 Å². The minimum Gasteiger partial charge on any atom is -0.301 e. The number of nitrogens with zero attached hydrogens (tertiary/aromatic N) is 3. The Hall–Kier alpha value is -2.68. The van der Waals surface area contributed by atoms with Gasteiger partial charge in [0.2, 0.25) is 5.91 Å². The maximum absolute atomic E-state index is 13.2. The molecule has 0 bridgehead atoms. The zero-order valence-electron chi connectivity index (χ0n) is 15.3. The first kappa shape index (κ1) is 19.6. The fourth-order valence-corrected chi connectivity index (χ4v) is 4.45. The molecule has 9 heteroatoms. The number of carbonyl (C=O) groups excluding carboxylic acids is 1. The van der Waals surface area contributed by atoms with Gasteiger partial charge < -0.3 is 5.32 Å². The lowest BCUT2D eigenvalue weighted by atomic mass is 10.2. The van der Waals surface area contributed by atoms with Crippen LogP contribution in [0.1, 0.15) is 5.69 Å². The van der Waals surface area contributed by atoms with E-state index in [9.17, 15) is 9.59 Å². The predicted molar refractivity (Wildman–Crippen MR) is 119 cm³/mol. The van der Waals surface area contributed by atoms with Gasteiger partial charge in [-0.15, -0.1) is 11.3 Å². The third-order valence-corrected chi connectivity index (χ3v) is 6.06. The number of fused-ring (bicyclic) bond motifs is 1. The van der Waals surface area contributed by atoms with Crippen molar-refractivity contribution in [2.45, 2.75) is 12.1 Å². The molecule has 4 rings (SSSR count). The van der Waals surface area contributed by atoms with E-state index < -0.39 is 0 Å². The van der Waals surface area contributed by atoms with Crippen molar-refractivity contribution in [1.82, 2.24) is 14.5 Å². The summed E-state index contributed by atoms with van der Waals surface area (Å²) in [6.45, 7) is 1.86. The first-order valence-corrected chi connectivity index (χ1v) is 10.9. The Morgan fingerprint density at radius 1 is 1.21 bits per heavy atom. The molecular formula is C20H15ClN4O2S2. The highest BCUT2D eigenvalue weighted by atomic mass is 35.5. The second-order valence-electron chi connectivity index (χ2n) is 6.16. The molecule has 2 aromatic heterocycles. The van der Waals surface area contributed by atoms with E-state index >= 15 is 0 Å². The number of rotatable bonds is 5. The van der Waals surface area contributed by atoms with Crippen LogP contribution < -0.4 is 10.9 Å². The summed E-state index contributed by atoms with van der Waals surface area (Å²) in [6, 6.07) is 14.1. The van der Waals surface area contributed by atoms with Gasteiger partial charge in [0, 0.05) is 10.4 Å². The molecule has 0 saturated carbocycles. The molecule has 1 N–H and O–H groups in total. The van der Waals surface area contributed by atoms with Gasteiger partial charge >= 0.3 is 0 Å². The molecule has 6 nitrogen and oxygen atoms in total. The molecule has 0 fully saturated rings. The van der Waals surface area contributed by atoms with Gasteiger partial charge in [0.15, 0.2) is 10.3 Å². The number of para-hydroxylation sites is 1. The number of aromatic nitrogens is 3. The normalized spacial score (nSPS) is 11.0. The van der Waals surface area contributed by atoms with Crippen LogP contribution in [0.15, 0.2) is 63.9 Å². The topological polar surface area (TPSA) is 76.9 Å². The number of thioether (sulfide) groups is 1. The zero-order chi connectivity index (χ0) is 20.4. The van der Waals surface area contributed by atoms with E-state index in [0.29, 0.717) is 31.9 Å². The van der Waals surface area contributed by atoms with E-state index in [1.807, 2.05) is 18.4 Å². The molecule has 0 radical (unpaired) electrons. The fourth-order valence-electron chi connectivity index (χ4n) is 2.75. The smallest absolute Gasteiger partial charge is 0.266 e. The number of aryl methyl sites for hydroxylation is 1. The van der Waals surface area contributed by atoms with Crippen molar-refractivity contribution >= 4 is 56.6 Å². The van der Waals surface area contributed by atoms with E-state index in [0.717, 1.165) is 5.69 Å². The van der Waals surface area contributed by atoms with Gasteiger partial charge in [0.1, 0.15) is 0 Å². The summed E-state index contributed by atoms with van der Waals surface area (Å²) in [5.74, 6) is -0.131. The Labute approximate surface area is 179 Å². The standard InChI is InChI=1S/C20H15ClN4O2S2/c1-12-10-28-19(22-12)24-17(26)11-29-20-23-16-8-3-2-7-15(16)18(27)25(20)14-6-4-5-13(21)9-14/h2-10H,11H2,1H3,(H,22,24,26). The van der Waals surface area contributed by atoms with Gasteiger partial charge in [-0.25, -0.2) is 9.97 Å². The number of benzene rings is 2. The van der Waals surface area contributed by atoms with Crippen molar-refractivity contribution in [2.75, 3.05) is 11.1 Å². The lowest BCUT2D eigenvalue weighted by Gasteiger charge is -2.13. The molecule has 2 heterocycles. The summed E-state index contributed by atoms with van der Waals surface area (Å²) in [5.41, 5.74) is 1.81. The van der Waals surface area contributed by atoms with E-state index in [-0.39, 0.29) is 17.2 Å². The molecule has 4 aromatic rings. The largest absolute Gasteiger partial charge is 0.301 e. The van der Waals surface area contributed by atoms with E-state index in [2.05, 4.69) is 15.3 Å². The molecule has 0 atom stereocenters. The molecule has 0 spiro atoms. The zero-order valence-corrected chi connectivity index (χ0v) is 17.6. The number of hydrogen-bond donors (Lipinski definition) is 1. The summed E-state index contributed by atoms with van der Waals surface area (Å²) >= 11 is 8.68. The minimum atomic E-state index is -0.218. The number of nitrogens with one attached hydrogen (secondary N) is 1. The van der Waals surface area contributed by atoms with Gasteiger partial charge in [-0.1, -0.05) is 41.6 Å². The Morgan fingerprint density at radius 2 is 2.03 bits per heavy atom. The van der Waals surface area contributed by atoms with Crippen LogP contribution in [0.5, 0.6) is 0 Å². The summed E-state index contributed by atoms with van der Waals surface area (Å²) in [5, 5.41) is 6.61. The molecule has 29 heavy (non-hydrogen) atoms. The molecule has 0 aliphatic heterocycles. The first-order valence-electron chi connectivity index (χ1n) is 8.64. The Balaban J connectivity index is 1.69. The van der Waals surface area contributed by atoms with Crippen molar-refractivity contribution in [3.63, 3.8) is 0 Å². The van der Waals surface area contributed by atoms with Crippen LogP contribution in [0.4, 0.5) is 5.13 Å². The summed E-state index contributed by atoms with van der Waals surface area (Å²) in [7, 11) is 0. The van der Waals surface area contributed by atoms with Gasteiger partial charge in [-0.3, -0.25) is 14.2 Å². The Kier molecular flexibility index (Phi) is 5.66. The molecule has 0 unspecified atom stereocenters. The van der Waals surface area contributed by atoms with Crippen LogP contribution in [-0.4, -0.2) is 26.2 Å². The number of anilines is 1. The quantitative estimate of drug-likeness (QED) is 0.363. The number of thiazole rings is 1. The van der Waals surface area contributed by atoms with Gasteiger partial charge in [0.25, 0.3) is 5.56 Å². The van der Waals surface area contributed by atoms with Crippen molar-refractivity contribution in [3.8, 4) is 5.69 Å². The van der Waals surface area contributed by atoms with Gasteiger partial charge in [0.05, 0.1) is 28.0 Å². The number of halogens is 1. The number of carbonyl (C=O) groups is 1. The molecule has 0 aliphatic carbocycles. The average molecular weight is 443 g/mol. The Morgan fingerprint density at radius 3 is 2.79 bits per heavy atom. The third kappa shape index (κ3) is 4.34. The van der Waals surface area contributed by atoms with Crippen LogP contribution in [-0.2, 0) is 4.79 Å². The second-order valence-corrected chi connectivity index (χ2v) is 8.40. The lowest BCUT2D eigenvalue weighted by molar-refractivity contribution is -0.113. The SMILES string of the molecule is Cc1csc(NC(=O)CSc2nc3ccccc3c(=O)n2-c2cccc(Cl)c2)n1. The van der Waals surface area contributed by atoms with Crippen molar-refractivity contribution < 1.29 is 4.79 Å². The minimum absolute atomic E-state index is 0.0873. The van der Waals surface area contributed by atoms with Crippen molar-refractivity contribution in [1.29, 1.82) is 0 Å². The van der Waals surface area contributed by atoms with Crippen LogP contribution in [0.25, 0.3) is 16.6 Å². The van der Waals surface area contributed by atoms with E-state index in [4.69, 9.17) is 11.6 Å². The highest BCUT2D eigenvalue weighted by Gasteiger charge is 2.15. The molecule has 0 aliphatic rings. The second kappa shape index (κ2) is 8.36. The van der Waals surface area contributed by atoms with Crippen LogP contribution in [0.3, 0.4) is 0 Å². The molecule has 2 aromatic carbocycles. The number of hydrogen-bond acceptors (Lipinski definition) is 6. The highest BCUT2D eigenvalue weighted by Crippen LogP contribution is 2.23. The third-order valence-electron chi connectivity index (χ3n) is 4.01. The van der Waals surface area contributed by atoms with Crippen LogP contribution >= 0.6 is 34.7 Å². The lowest BCUT2D eigenvalue weighted by Crippen LogP contribution is -2.23. The average Bonchev–Trinajstić information content (AvgIpc) is 3.11.